The first-order valence-corrected chi connectivity index (χ1v) is 12.2. The predicted octanol–water partition coefficient (Wildman–Crippen LogP) is -1.16. The molecule has 1 saturated heterocycles. The summed E-state index contributed by atoms with van der Waals surface area (Å²) < 4.78 is 0. The van der Waals surface area contributed by atoms with E-state index in [1.807, 2.05) is 6.26 Å². The number of thioether (sulfide) groups is 1. The Morgan fingerprint density at radius 1 is 0.971 bits per heavy atom. The first-order valence-electron chi connectivity index (χ1n) is 10.8. The van der Waals surface area contributed by atoms with Crippen molar-refractivity contribution in [2.75, 3.05) is 18.6 Å². The second kappa shape index (κ2) is 14.4. The lowest BCUT2D eigenvalue weighted by Crippen LogP contribution is -2.56. The van der Waals surface area contributed by atoms with Gasteiger partial charge in [-0.05, 0) is 44.1 Å². The largest absolute Gasteiger partial charge is 0.481 e. The van der Waals surface area contributed by atoms with Crippen LogP contribution in [0.5, 0.6) is 0 Å². The van der Waals surface area contributed by atoms with Gasteiger partial charge in [-0.2, -0.15) is 11.8 Å². The Kier molecular flexibility index (Phi) is 12.4. The molecule has 0 aromatic rings. The first kappa shape index (κ1) is 29.2. The zero-order chi connectivity index (χ0) is 25.8. The van der Waals surface area contributed by atoms with Crippen molar-refractivity contribution in [3.63, 3.8) is 0 Å². The fourth-order valence-corrected chi connectivity index (χ4v) is 3.98. The minimum atomic E-state index is -1.54. The zero-order valence-corrected chi connectivity index (χ0v) is 19.7. The molecule has 0 aromatic carbocycles. The van der Waals surface area contributed by atoms with Crippen molar-refractivity contribution >= 4 is 47.4 Å². The molecule has 34 heavy (non-hydrogen) atoms. The van der Waals surface area contributed by atoms with Crippen molar-refractivity contribution in [2.45, 2.75) is 69.1 Å². The standard InChI is InChI=1S/C20H32N4O9S/c1-34-10-8-11(21)19(31)24-9-2-3-14(24)18(30)22-12(4-6-15(25)26)17(29)23-13(20(32)33)5-7-16(27)28/h11-14H,2-10,21H2,1H3,(H,22,30)(H,23,29)(H,25,26)(H,27,28)(H,32,33). The van der Waals surface area contributed by atoms with Crippen LogP contribution < -0.4 is 16.4 Å². The van der Waals surface area contributed by atoms with Crippen LogP contribution in [0.1, 0.15) is 44.9 Å². The summed E-state index contributed by atoms with van der Waals surface area (Å²) in [5, 5.41) is 31.6. The van der Waals surface area contributed by atoms with E-state index in [2.05, 4.69) is 10.6 Å². The highest BCUT2D eigenvalue weighted by Gasteiger charge is 2.38. The van der Waals surface area contributed by atoms with E-state index in [1.54, 1.807) is 0 Å². The van der Waals surface area contributed by atoms with Crippen molar-refractivity contribution in [3.05, 3.63) is 0 Å². The van der Waals surface area contributed by atoms with E-state index in [0.717, 1.165) is 0 Å². The van der Waals surface area contributed by atoms with E-state index < -0.39 is 79.1 Å². The van der Waals surface area contributed by atoms with Crippen molar-refractivity contribution in [3.8, 4) is 0 Å². The maximum absolute atomic E-state index is 12.9. The maximum atomic E-state index is 12.9. The van der Waals surface area contributed by atoms with Gasteiger partial charge >= 0.3 is 17.9 Å². The number of carboxylic acid groups (broad SMARTS) is 3. The normalized spacial score (nSPS) is 17.9. The Bertz CT molecular complexity index is 779. The average Bonchev–Trinajstić information content (AvgIpc) is 3.26. The summed E-state index contributed by atoms with van der Waals surface area (Å²) in [4.78, 5) is 72.8. The molecule has 1 aliphatic rings. The van der Waals surface area contributed by atoms with Gasteiger partial charge in [0.25, 0.3) is 0 Å². The van der Waals surface area contributed by atoms with Crippen LogP contribution in [0.15, 0.2) is 0 Å². The summed E-state index contributed by atoms with van der Waals surface area (Å²) in [5.41, 5.74) is 5.95. The van der Waals surface area contributed by atoms with Crippen LogP contribution in [-0.2, 0) is 28.8 Å². The number of hydrogen-bond donors (Lipinski definition) is 6. The number of carbonyl (C=O) groups is 6. The number of hydrogen-bond acceptors (Lipinski definition) is 8. The molecule has 0 bridgehead atoms. The number of nitrogens with zero attached hydrogens (tertiary/aromatic N) is 1. The molecule has 7 N–H and O–H groups in total. The molecule has 0 spiro atoms. The Morgan fingerprint density at radius 2 is 1.56 bits per heavy atom. The van der Waals surface area contributed by atoms with Crippen LogP contribution in [0.3, 0.4) is 0 Å². The van der Waals surface area contributed by atoms with Gasteiger partial charge in [0.2, 0.25) is 17.7 Å². The third-order valence-corrected chi connectivity index (χ3v) is 5.97. The smallest absolute Gasteiger partial charge is 0.326 e. The number of amides is 3. The molecule has 1 fully saturated rings. The Labute approximate surface area is 200 Å². The molecule has 1 aliphatic heterocycles. The van der Waals surface area contributed by atoms with E-state index in [9.17, 15) is 33.9 Å². The second-order valence-electron chi connectivity index (χ2n) is 7.90. The van der Waals surface area contributed by atoms with Crippen molar-refractivity contribution in [1.29, 1.82) is 0 Å². The molecule has 13 nitrogen and oxygen atoms in total. The molecule has 1 heterocycles. The van der Waals surface area contributed by atoms with Crippen LogP contribution in [0.4, 0.5) is 0 Å². The summed E-state index contributed by atoms with van der Waals surface area (Å²) in [6, 6.07) is -4.60. The molecule has 0 radical (unpaired) electrons. The lowest BCUT2D eigenvalue weighted by atomic mass is 10.1. The zero-order valence-electron chi connectivity index (χ0n) is 18.9. The predicted molar refractivity (Wildman–Crippen MR) is 121 cm³/mol. The molecule has 0 saturated carbocycles. The number of carbonyl (C=O) groups excluding carboxylic acids is 3. The number of nitrogens with one attached hydrogen (secondary N) is 2. The fraction of sp³-hybridized carbons (Fsp3) is 0.700. The Balaban J connectivity index is 2.92. The lowest BCUT2D eigenvalue weighted by Gasteiger charge is -2.28. The minimum absolute atomic E-state index is 0.312. The van der Waals surface area contributed by atoms with Crippen molar-refractivity contribution in [1.82, 2.24) is 15.5 Å². The van der Waals surface area contributed by atoms with Crippen LogP contribution in [0, 0.1) is 0 Å². The molecule has 1 rings (SSSR count). The van der Waals surface area contributed by atoms with Gasteiger partial charge in [-0.1, -0.05) is 0 Å². The number of carboxylic acids is 3. The summed E-state index contributed by atoms with van der Waals surface area (Å²) >= 11 is 1.53. The quantitative estimate of drug-likeness (QED) is 0.156. The van der Waals surface area contributed by atoms with E-state index in [4.69, 9.17) is 15.9 Å². The number of aliphatic carboxylic acids is 3. The van der Waals surface area contributed by atoms with E-state index in [-0.39, 0.29) is 6.42 Å². The molecule has 192 valence electrons. The van der Waals surface area contributed by atoms with Crippen LogP contribution >= 0.6 is 11.8 Å². The molecule has 4 unspecified atom stereocenters. The SMILES string of the molecule is CSCCC(N)C(=O)N1CCCC1C(=O)NC(CCC(=O)O)C(=O)NC(CCC(=O)O)C(=O)O. The van der Waals surface area contributed by atoms with Gasteiger partial charge in [0.05, 0.1) is 6.04 Å². The van der Waals surface area contributed by atoms with Gasteiger partial charge in [-0.25, -0.2) is 4.79 Å². The summed E-state index contributed by atoms with van der Waals surface area (Å²) in [5.74, 6) is -5.31. The monoisotopic (exact) mass is 504 g/mol. The average molecular weight is 505 g/mol. The molecule has 0 aliphatic carbocycles. The lowest BCUT2D eigenvalue weighted by molar-refractivity contribution is -0.144. The third-order valence-electron chi connectivity index (χ3n) is 5.33. The minimum Gasteiger partial charge on any atom is -0.481 e. The fourth-order valence-electron chi connectivity index (χ4n) is 3.49. The topological polar surface area (TPSA) is 216 Å². The Hall–Kier alpha value is -2.87. The van der Waals surface area contributed by atoms with E-state index in [1.165, 1.54) is 16.7 Å². The summed E-state index contributed by atoms with van der Waals surface area (Å²) in [7, 11) is 0. The summed E-state index contributed by atoms with van der Waals surface area (Å²) in [6.45, 7) is 0.312. The van der Waals surface area contributed by atoms with Crippen molar-refractivity contribution in [2.24, 2.45) is 5.73 Å². The maximum Gasteiger partial charge on any atom is 0.326 e. The molecule has 3 amide bonds. The van der Waals surface area contributed by atoms with Gasteiger partial charge in [-0.15, -0.1) is 0 Å². The van der Waals surface area contributed by atoms with Crippen molar-refractivity contribution < 1.29 is 44.1 Å². The van der Waals surface area contributed by atoms with Gasteiger partial charge < -0.3 is 36.6 Å². The molecule has 0 aromatic heterocycles. The second-order valence-corrected chi connectivity index (χ2v) is 8.89. The van der Waals surface area contributed by atoms with Gasteiger partial charge in [0, 0.05) is 19.4 Å². The number of likely N-dealkylation sites (tertiary alicyclic amines) is 1. The van der Waals surface area contributed by atoms with E-state index in [0.29, 0.717) is 31.6 Å². The molecular formula is C20H32N4O9S. The molecular weight excluding hydrogens is 472 g/mol. The van der Waals surface area contributed by atoms with Gasteiger partial charge in [-0.3, -0.25) is 24.0 Å². The van der Waals surface area contributed by atoms with Crippen LogP contribution in [-0.4, -0.2) is 98.6 Å². The molecule has 14 heteroatoms. The number of rotatable bonds is 15. The highest BCUT2D eigenvalue weighted by Crippen LogP contribution is 2.20. The first-order chi connectivity index (χ1) is 16.0. The molecule has 4 atom stereocenters. The van der Waals surface area contributed by atoms with Gasteiger partial charge in [0.15, 0.2) is 0 Å². The summed E-state index contributed by atoms with van der Waals surface area (Å²) in [6.07, 6.45) is 1.46. The van der Waals surface area contributed by atoms with Crippen LogP contribution in [0.25, 0.3) is 0 Å². The highest BCUT2D eigenvalue weighted by molar-refractivity contribution is 7.98. The highest BCUT2D eigenvalue weighted by atomic mass is 32.2. The Morgan fingerprint density at radius 3 is 2.09 bits per heavy atom. The van der Waals surface area contributed by atoms with Gasteiger partial charge in [0.1, 0.15) is 18.1 Å². The number of nitrogens with two attached hydrogens (primary N) is 1. The van der Waals surface area contributed by atoms with E-state index >= 15 is 0 Å². The van der Waals surface area contributed by atoms with Crippen LogP contribution in [0.2, 0.25) is 0 Å². The third kappa shape index (κ3) is 9.55.